The fourth-order valence-electron chi connectivity index (χ4n) is 3.67. The predicted octanol–water partition coefficient (Wildman–Crippen LogP) is 0.646. The van der Waals surface area contributed by atoms with Crippen LogP contribution in [0.4, 0.5) is 0 Å². The van der Waals surface area contributed by atoms with Crippen LogP contribution in [0, 0.1) is 0 Å². The molecule has 0 saturated heterocycles. The summed E-state index contributed by atoms with van der Waals surface area (Å²) in [6.45, 7) is 1.57. The quantitative estimate of drug-likeness (QED) is 0.664. The van der Waals surface area contributed by atoms with Gasteiger partial charge in [0, 0.05) is 24.7 Å². The Morgan fingerprint density at radius 1 is 0.719 bits per heavy atom. The Labute approximate surface area is 182 Å². The molecule has 0 bridgehead atoms. The Balaban J connectivity index is 1.60. The zero-order valence-corrected chi connectivity index (χ0v) is 17.2. The molecule has 0 atom stereocenters. The summed E-state index contributed by atoms with van der Waals surface area (Å²) in [6, 6.07) is 8.20. The molecule has 2 aromatic carbocycles. The fraction of sp³-hybridized carbons (Fsp3) is 0.182. The normalized spacial score (nSPS) is 14.6. The first-order valence-electron chi connectivity index (χ1n) is 9.79. The molecule has 0 unspecified atom stereocenters. The zero-order valence-electron chi connectivity index (χ0n) is 17.2. The van der Waals surface area contributed by atoms with Crippen molar-refractivity contribution in [1.82, 2.24) is 20.4 Å². The summed E-state index contributed by atoms with van der Waals surface area (Å²) < 4.78 is 0. The van der Waals surface area contributed by atoms with E-state index in [4.69, 9.17) is 0 Å². The number of benzene rings is 2. The lowest BCUT2D eigenvalue weighted by atomic mass is 10.1. The number of fused-ring (bicyclic) bond motifs is 2. The van der Waals surface area contributed by atoms with Gasteiger partial charge in [0.05, 0.1) is 22.3 Å². The molecule has 0 aromatic heterocycles. The maximum atomic E-state index is 12.9. The van der Waals surface area contributed by atoms with E-state index < -0.39 is 36.2 Å². The summed E-state index contributed by atoms with van der Waals surface area (Å²) in [5.74, 6) is -3.58. The van der Waals surface area contributed by atoms with Gasteiger partial charge in [-0.15, -0.1) is 0 Å². The molecular formula is C22H18N4O6. The number of carbonyl (C=O) groups excluding carboxylic acids is 6. The van der Waals surface area contributed by atoms with E-state index in [1.165, 1.54) is 43.4 Å². The summed E-state index contributed by atoms with van der Waals surface area (Å²) in [5, 5.41) is 5.05. The standard InChI is InChI=1S/C22H18N4O6/c1-3-24-18(28)12-5-7-14-16(9-12)22(32)26(20(14)30)10-25-19(29)13-6-4-11(17(27)23-2)8-15(13)21(25)31/h4-9H,3,10H2,1-2H3,(H,23,27)(H,24,28). The number of nitrogens with zero attached hydrogens (tertiary/aromatic N) is 2. The van der Waals surface area contributed by atoms with Gasteiger partial charge < -0.3 is 10.6 Å². The van der Waals surface area contributed by atoms with E-state index in [1.54, 1.807) is 6.92 Å². The number of imide groups is 2. The second-order valence-electron chi connectivity index (χ2n) is 7.18. The van der Waals surface area contributed by atoms with Gasteiger partial charge in [-0.2, -0.15) is 0 Å². The van der Waals surface area contributed by atoms with Crippen molar-refractivity contribution in [1.29, 1.82) is 0 Å². The van der Waals surface area contributed by atoms with Gasteiger partial charge in [0.1, 0.15) is 6.67 Å². The molecular weight excluding hydrogens is 416 g/mol. The molecule has 0 fully saturated rings. The van der Waals surface area contributed by atoms with Gasteiger partial charge in [0.15, 0.2) is 0 Å². The summed E-state index contributed by atoms with van der Waals surface area (Å²) >= 11 is 0. The summed E-state index contributed by atoms with van der Waals surface area (Å²) in [7, 11) is 1.44. The highest BCUT2D eigenvalue weighted by Gasteiger charge is 2.42. The topological polar surface area (TPSA) is 133 Å². The van der Waals surface area contributed by atoms with Gasteiger partial charge in [0.25, 0.3) is 35.4 Å². The number of hydrogen-bond acceptors (Lipinski definition) is 6. The summed E-state index contributed by atoms with van der Waals surface area (Å²) in [6.07, 6.45) is 0. The smallest absolute Gasteiger partial charge is 0.263 e. The van der Waals surface area contributed by atoms with Crippen LogP contribution in [0.5, 0.6) is 0 Å². The average Bonchev–Trinajstić information content (AvgIpc) is 3.18. The first-order chi connectivity index (χ1) is 15.3. The van der Waals surface area contributed by atoms with Crippen LogP contribution < -0.4 is 10.6 Å². The minimum absolute atomic E-state index is 0.0197. The molecule has 0 saturated carbocycles. The third kappa shape index (κ3) is 3.13. The van der Waals surface area contributed by atoms with E-state index in [2.05, 4.69) is 10.6 Å². The summed E-state index contributed by atoms with van der Waals surface area (Å²) in [4.78, 5) is 76.7. The van der Waals surface area contributed by atoms with Crippen molar-refractivity contribution in [2.45, 2.75) is 6.92 Å². The van der Waals surface area contributed by atoms with Crippen LogP contribution >= 0.6 is 0 Å². The third-order valence-corrected chi connectivity index (χ3v) is 5.31. The van der Waals surface area contributed by atoms with Crippen molar-refractivity contribution in [3.8, 4) is 0 Å². The molecule has 2 aromatic rings. The van der Waals surface area contributed by atoms with Crippen LogP contribution in [0.1, 0.15) is 69.1 Å². The van der Waals surface area contributed by atoms with E-state index >= 15 is 0 Å². The Morgan fingerprint density at radius 3 is 1.59 bits per heavy atom. The fourth-order valence-corrected chi connectivity index (χ4v) is 3.67. The molecule has 0 spiro atoms. The summed E-state index contributed by atoms with van der Waals surface area (Å²) in [5.41, 5.74) is 0.631. The van der Waals surface area contributed by atoms with Crippen LogP contribution in [0.15, 0.2) is 36.4 Å². The van der Waals surface area contributed by atoms with E-state index in [-0.39, 0.29) is 39.3 Å². The van der Waals surface area contributed by atoms with Crippen LogP contribution in [0.2, 0.25) is 0 Å². The van der Waals surface area contributed by atoms with Crippen molar-refractivity contribution in [3.05, 3.63) is 69.8 Å². The molecule has 6 amide bonds. The molecule has 162 valence electrons. The number of amides is 6. The van der Waals surface area contributed by atoms with Crippen LogP contribution in [0.25, 0.3) is 0 Å². The maximum absolute atomic E-state index is 12.9. The average molecular weight is 434 g/mol. The molecule has 2 aliphatic rings. The van der Waals surface area contributed by atoms with E-state index in [9.17, 15) is 28.8 Å². The van der Waals surface area contributed by atoms with Crippen LogP contribution in [-0.4, -0.2) is 65.5 Å². The minimum Gasteiger partial charge on any atom is -0.355 e. The molecule has 32 heavy (non-hydrogen) atoms. The monoisotopic (exact) mass is 434 g/mol. The highest BCUT2D eigenvalue weighted by Crippen LogP contribution is 2.28. The van der Waals surface area contributed by atoms with Crippen molar-refractivity contribution in [3.63, 3.8) is 0 Å². The van der Waals surface area contributed by atoms with Crippen LogP contribution in [-0.2, 0) is 0 Å². The Morgan fingerprint density at radius 2 is 1.16 bits per heavy atom. The predicted molar refractivity (Wildman–Crippen MR) is 110 cm³/mol. The Hall–Kier alpha value is -4.34. The molecule has 0 aliphatic carbocycles. The van der Waals surface area contributed by atoms with Gasteiger partial charge >= 0.3 is 0 Å². The zero-order chi connectivity index (χ0) is 23.2. The lowest BCUT2D eigenvalue weighted by molar-refractivity contribution is 0.0471. The second-order valence-corrected chi connectivity index (χ2v) is 7.18. The SMILES string of the molecule is CCNC(=O)c1ccc2c(c1)C(=O)N(CN1C(=O)c3ccc(C(=O)NC)cc3C1=O)C2=O. The number of carbonyl (C=O) groups is 6. The van der Waals surface area contributed by atoms with Crippen molar-refractivity contribution in [2.75, 3.05) is 20.3 Å². The van der Waals surface area contributed by atoms with Crippen molar-refractivity contribution in [2.24, 2.45) is 0 Å². The highest BCUT2D eigenvalue weighted by molar-refractivity contribution is 6.24. The molecule has 2 aliphatic heterocycles. The second kappa shape index (κ2) is 7.73. The maximum Gasteiger partial charge on any atom is 0.263 e. The van der Waals surface area contributed by atoms with Gasteiger partial charge in [-0.25, -0.2) is 0 Å². The van der Waals surface area contributed by atoms with Gasteiger partial charge in [-0.1, -0.05) is 0 Å². The highest BCUT2D eigenvalue weighted by atomic mass is 16.2. The first kappa shape index (κ1) is 20.9. The van der Waals surface area contributed by atoms with Gasteiger partial charge in [-0.05, 0) is 43.3 Å². The largest absolute Gasteiger partial charge is 0.355 e. The van der Waals surface area contributed by atoms with E-state index in [0.29, 0.717) is 6.54 Å². The van der Waals surface area contributed by atoms with E-state index in [1.807, 2.05) is 0 Å². The number of rotatable bonds is 5. The molecule has 10 nitrogen and oxygen atoms in total. The van der Waals surface area contributed by atoms with Crippen molar-refractivity contribution < 1.29 is 28.8 Å². The Kier molecular flexibility index (Phi) is 5.05. The Bertz CT molecular complexity index is 1230. The molecule has 2 heterocycles. The van der Waals surface area contributed by atoms with Gasteiger partial charge in [-0.3, -0.25) is 38.6 Å². The van der Waals surface area contributed by atoms with Crippen LogP contribution in [0.3, 0.4) is 0 Å². The van der Waals surface area contributed by atoms with Gasteiger partial charge in [0.2, 0.25) is 0 Å². The van der Waals surface area contributed by atoms with Crippen molar-refractivity contribution >= 4 is 35.4 Å². The lowest BCUT2D eigenvalue weighted by Gasteiger charge is -2.20. The number of hydrogen-bond donors (Lipinski definition) is 2. The van der Waals surface area contributed by atoms with E-state index in [0.717, 1.165) is 9.80 Å². The number of nitrogens with one attached hydrogen (secondary N) is 2. The first-order valence-corrected chi connectivity index (χ1v) is 9.79. The molecule has 2 N–H and O–H groups in total. The third-order valence-electron chi connectivity index (χ3n) is 5.31. The molecule has 4 rings (SSSR count). The molecule has 10 heteroatoms. The lowest BCUT2D eigenvalue weighted by Crippen LogP contribution is -2.43. The minimum atomic E-state index is -0.713. The molecule has 0 radical (unpaired) electrons.